The van der Waals surface area contributed by atoms with Gasteiger partial charge in [0.2, 0.25) is 0 Å². The van der Waals surface area contributed by atoms with Gasteiger partial charge >= 0.3 is 0 Å². The van der Waals surface area contributed by atoms with Gasteiger partial charge in [-0.2, -0.15) is 0 Å². The number of nitrogens with one attached hydrogen (secondary N) is 1. The average molecular weight is 283 g/mol. The van der Waals surface area contributed by atoms with Crippen LogP contribution < -0.4 is 14.8 Å². The Labute approximate surface area is 125 Å². The highest BCUT2D eigenvalue weighted by Crippen LogP contribution is 2.33. The molecule has 1 heterocycles. The van der Waals surface area contributed by atoms with Gasteiger partial charge in [0.1, 0.15) is 11.5 Å². The maximum atomic E-state index is 5.72. The highest BCUT2D eigenvalue weighted by Gasteiger charge is 2.22. The van der Waals surface area contributed by atoms with Crippen molar-refractivity contribution in [1.82, 2.24) is 5.32 Å². The zero-order valence-electron chi connectivity index (χ0n) is 12.5. The number of fused-ring (bicyclic) bond motifs is 1. The molecule has 0 aromatic heterocycles. The molecule has 0 saturated carbocycles. The van der Waals surface area contributed by atoms with Crippen LogP contribution in [0.1, 0.15) is 36.6 Å². The minimum absolute atomic E-state index is 0.260. The van der Waals surface area contributed by atoms with Crippen molar-refractivity contribution < 1.29 is 9.47 Å². The molecule has 0 amide bonds. The predicted molar refractivity (Wildman–Crippen MR) is 83.8 cm³/mol. The second-order valence-electron chi connectivity index (χ2n) is 5.39. The summed E-state index contributed by atoms with van der Waals surface area (Å²) in [6, 6.07) is 17.1. The fourth-order valence-corrected chi connectivity index (χ4v) is 2.82. The van der Waals surface area contributed by atoms with Crippen molar-refractivity contribution in [3.05, 3.63) is 59.7 Å². The Morgan fingerprint density at radius 3 is 2.90 bits per heavy atom. The van der Waals surface area contributed by atoms with Crippen LogP contribution in [0.3, 0.4) is 0 Å². The monoisotopic (exact) mass is 283 g/mol. The Kier molecular flexibility index (Phi) is 4.11. The lowest BCUT2D eigenvalue weighted by molar-refractivity contribution is 0.246. The number of hydrogen-bond donors (Lipinski definition) is 1. The minimum Gasteiger partial charge on any atom is -0.497 e. The molecule has 0 fully saturated rings. The average Bonchev–Trinajstić information content (AvgIpc) is 2.55. The molecule has 3 nitrogen and oxygen atoms in total. The van der Waals surface area contributed by atoms with Crippen LogP contribution in [0.4, 0.5) is 0 Å². The third kappa shape index (κ3) is 3.03. The van der Waals surface area contributed by atoms with Gasteiger partial charge in [-0.05, 0) is 30.7 Å². The Morgan fingerprint density at radius 1 is 1.19 bits per heavy atom. The number of rotatable bonds is 4. The van der Waals surface area contributed by atoms with Gasteiger partial charge < -0.3 is 14.8 Å². The van der Waals surface area contributed by atoms with Gasteiger partial charge in [0.05, 0.1) is 13.7 Å². The van der Waals surface area contributed by atoms with Crippen molar-refractivity contribution >= 4 is 0 Å². The Morgan fingerprint density at radius 2 is 2.05 bits per heavy atom. The van der Waals surface area contributed by atoms with Crippen LogP contribution >= 0.6 is 0 Å². The third-order valence-electron chi connectivity index (χ3n) is 4.00. The zero-order valence-corrected chi connectivity index (χ0v) is 12.5. The molecule has 21 heavy (non-hydrogen) atoms. The topological polar surface area (TPSA) is 30.5 Å². The van der Waals surface area contributed by atoms with E-state index < -0.39 is 0 Å². The van der Waals surface area contributed by atoms with Crippen molar-refractivity contribution in [2.75, 3.05) is 13.7 Å². The lowest BCUT2D eigenvalue weighted by atomic mass is 9.98. The van der Waals surface area contributed by atoms with Crippen LogP contribution in [0.5, 0.6) is 11.5 Å². The van der Waals surface area contributed by atoms with Crippen LogP contribution in [0.2, 0.25) is 0 Å². The molecule has 0 saturated heterocycles. The summed E-state index contributed by atoms with van der Waals surface area (Å²) in [6.45, 7) is 2.95. The minimum atomic E-state index is 0.260. The molecule has 1 aliphatic heterocycles. The van der Waals surface area contributed by atoms with Gasteiger partial charge in [-0.1, -0.05) is 30.3 Å². The van der Waals surface area contributed by atoms with E-state index in [2.05, 4.69) is 36.5 Å². The zero-order chi connectivity index (χ0) is 14.7. The van der Waals surface area contributed by atoms with E-state index in [1.807, 2.05) is 24.3 Å². The predicted octanol–water partition coefficient (Wildman–Crippen LogP) is 3.87. The first-order valence-electron chi connectivity index (χ1n) is 7.39. The first kappa shape index (κ1) is 14.0. The van der Waals surface area contributed by atoms with Crippen LogP contribution in [-0.4, -0.2) is 13.7 Å². The number of para-hydroxylation sites is 1. The molecular weight excluding hydrogens is 262 g/mol. The summed E-state index contributed by atoms with van der Waals surface area (Å²) in [6.07, 6.45) is 0.991. The maximum Gasteiger partial charge on any atom is 0.124 e. The number of ether oxygens (including phenoxy) is 2. The maximum absolute atomic E-state index is 5.72. The molecule has 2 atom stereocenters. The normalized spacial score (nSPS) is 18.5. The molecule has 0 spiro atoms. The van der Waals surface area contributed by atoms with Crippen molar-refractivity contribution in [1.29, 1.82) is 0 Å². The van der Waals surface area contributed by atoms with E-state index in [1.165, 1.54) is 11.1 Å². The molecule has 2 aromatic carbocycles. The summed E-state index contributed by atoms with van der Waals surface area (Å²) < 4.78 is 11.0. The van der Waals surface area contributed by atoms with Crippen molar-refractivity contribution in [3.8, 4) is 11.5 Å². The van der Waals surface area contributed by atoms with E-state index in [9.17, 15) is 0 Å². The van der Waals surface area contributed by atoms with Gasteiger partial charge in [0.25, 0.3) is 0 Å². The smallest absolute Gasteiger partial charge is 0.124 e. The van der Waals surface area contributed by atoms with E-state index in [0.717, 1.165) is 24.5 Å². The number of methoxy groups -OCH3 is 1. The highest BCUT2D eigenvalue weighted by molar-refractivity contribution is 5.38. The molecular formula is C18H21NO2. The van der Waals surface area contributed by atoms with E-state index in [0.29, 0.717) is 6.04 Å². The summed E-state index contributed by atoms with van der Waals surface area (Å²) in [7, 11) is 1.70. The van der Waals surface area contributed by atoms with E-state index >= 15 is 0 Å². The molecule has 110 valence electrons. The molecule has 3 heteroatoms. The van der Waals surface area contributed by atoms with Crippen LogP contribution in [0, 0.1) is 0 Å². The van der Waals surface area contributed by atoms with Gasteiger partial charge in [-0.25, -0.2) is 0 Å². The quantitative estimate of drug-likeness (QED) is 0.924. The summed E-state index contributed by atoms with van der Waals surface area (Å²) >= 11 is 0. The van der Waals surface area contributed by atoms with Gasteiger partial charge in [-0.15, -0.1) is 0 Å². The van der Waals surface area contributed by atoms with Gasteiger partial charge in [-0.3, -0.25) is 0 Å². The summed E-state index contributed by atoms with van der Waals surface area (Å²) in [4.78, 5) is 0. The first-order chi connectivity index (χ1) is 10.3. The lowest BCUT2D eigenvalue weighted by Gasteiger charge is -2.29. The lowest BCUT2D eigenvalue weighted by Crippen LogP contribution is -2.29. The van der Waals surface area contributed by atoms with E-state index in [-0.39, 0.29) is 6.04 Å². The molecule has 0 aliphatic carbocycles. The van der Waals surface area contributed by atoms with Crippen LogP contribution in [0.25, 0.3) is 0 Å². The first-order valence-corrected chi connectivity index (χ1v) is 7.39. The summed E-state index contributed by atoms with van der Waals surface area (Å²) in [5.41, 5.74) is 2.48. The van der Waals surface area contributed by atoms with E-state index in [4.69, 9.17) is 9.47 Å². The highest BCUT2D eigenvalue weighted by atomic mass is 16.5. The Bertz CT molecular complexity index is 612. The largest absolute Gasteiger partial charge is 0.497 e. The molecule has 2 unspecified atom stereocenters. The fraction of sp³-hybridized carbons (Fsp3) is 0.333. The fourth-order valence-electron chi connectivity index (χ4n) is 2.82. The molecule has 3 rings (SSSR count). The second kappa shape index (κ2) is 6.19. The van der Waals surface area contributed by atoms with Crippen LogP contribution in [0.15, 0.2) is 48.5 Å². The van der Waals surface area contributed by atoms with Crippen LogP contribution in [-0.2, 0) is 0 Å². The van der Waals surface area contributed by atoms with Gasteiger partial charge in [0, 0.05) is 24.1 Å². The van der Waals surface area contributed by atoms with Crippen molar-refractivity contribution in [3.63, 3.8) is 0 Å². The van der Waals surface area contributed by atoms with Gasteiger partial charge in [0.15, 0.2) is 0 Å². The SMILES string of the molecule is COc1cccc(C(C)NC2CCOc3ccccc32)c1. The molecule has 0 radical (unpaired) electrons. The van der Waals surface area contributed by atoms with Crippen molar-refractivity contribution in [2.45, 2.75) is 25.4 Å². The number of hydrogen-bond acceptors (Lipinski definition) is 3. The summed E-state index contributed by atoms with van der Waals surface area (Å²) in [5.74, 6) is 1.90. The molecule has 2 aromatic rings. The summed E-state index contributed by atoms with van der Waals surface area (Å²) in [5, 5.41) is 3.71. The Hall–Kier alpha value is -2.00. The van der Waals surface area contributed by atoms with Crippen molar-refractivity contribution in [2.24, 2.45) is 0 Å². The number of benzene rings is 2. The molecule has 1 N–H and O–H groups in total. The third-order valence-corrected chi connectivity index (χ3v) is 4.00. The molecule has 0 bridgehead atoms. The second-order valence-corrected chi connectivity index (χ2v) is 5.39. The van der Waals surface area contributed by atoms with E-state index in [1.54, 1.807) is 7.11 Å². The standard InChI is InChI=1S/C18H21NO2/c1-13(14-6-5-7-15(12-14)20-2)19-17-10-11-21-18-9-4-3-8-16(17)18/h3-9,12-13,17,19H,10-11H2,1-2H3. The Balaban J connectivity index is 1.77. The molecule has 1 aliphatic rings.